The molecule has 1 aromatic rings. The van der Waals surface area contributed by atoms with Gasteiger partial charge >= 0.3 is 0 Å². The number of rotatable bonds is 4. The van der Waals surface area contributed by atoms with Crippen LogP contribution in [0, 0.1) is 5.92 Å². The molecule has 3 N–H and O–H groups in total. The Morgan fingerprint density at radius 1 is 1.75 bits per heavy atom. The highest BCUT2D eigenvalue weighted by molar-refractivity contribution is 9.10. The second-order valence-electron chi connectivity index (χ2n) is 4.07. The van der Waals surface area contributed by atoms with Crippen LogP contribution in [-0.4, -0.2) is 28.2 Å². The van der Waals surface area contributed by atoms with Gasteiger partial charge in [-0.1, -0.05) is 5.21 Å². The molecule has 0 radical (unpaired) electrons. The number of nitrogens with one attached hydrogen (secondary N) is 1. The van der Waals surface area contributed by atoms with E-state index in [1.165, 1.54) is 0 Å². The Labute approximate surface area is 103 Å². The van der Waals surface area contributed by atoms with Crippen molar-refractivity contribution in [1.29, 1.82) is 0 Å². The van der Waals surface area contributed by atoms with Gasteiger partial charge in [-0.15, -0.1) is 5.10 Å². The van der Waals surface area contributed by atoms with Crippen LogP contribution in [0.1, 0.15) is 24.6 Å². The monoisotopic (exact) mass is 289 g/mol. The Balaban J connectivity index is 2.09. The molecule has 2 heterocycles. The van der Waals surface area contributed by atoms with Gasteiger partial charge < -0.3 is 4.74 Å². The van der Waals surface area contributed by atoms with Crippen LogP contribution in [0.5, 0.6) is 0 Å². The average Bonchev–Trinajstić information content (AvgIpc) is 2.87. The lowest BCUT2D eigenvalue weighted by Gasteiger charge is -2.19. The molecule has 6 nitrogen and oxygen atoms in total. The van der Waals surface area contributed by atoms with Gasteiger partial charge in [-0.3, -0.25) is 11.3 Å². The van der Waals surface area contributed by atoms with Crippen molar-refractivity contribution >= 4 is 15.9 Å². The van der Waals surface area contributed by atoms with Crippen LogP contribution in [0.25, 0.3) is 0 Å². The third-order valence-corrected chi connectivity index (χ3v) is 3.52. The van der Waals surface area contributed by atoms with Crippen LogP contribution in [0.4, 0.5) is 0 Å². The topological polar surface area (TPSA) is 78.0 Å². The smallest absolute Gasteiger partial charge is 0.153 e. The molecule has 2 unspecified atom stereocenters. The first-order chi connectivity index (χ1) is 7.72. The Kier molecular flexibility index (Phi) is 3.91. The molecule has 1 aromatic heterocycles. The average molecular weight is 290 g/mol. The van der Waals surface area contributed by atoms with Crippen molar-refractivity contribution in [3.05, 3.63) is 10.3 Å². The summed E-state index contributed by atoms with van der Waals surface area (Å²) in [7, 11) is 1.86. The maximum atomic E-state index is 5.60. The van der Waals surface area contributed by atoms with Gasteiger partial charge in [-0.25, -0.2) is 4.68 Å². The van der Waals surface area contributed by atoms with Gasteiger partial charge in [-0.05, 0) is 34.7 Å². The molecule has 1 fully saturated rings. The summed E-state index contributed by atoms with van der Waals surface area (Å²) in [6, 6.07) is 0.0566. The molecule has 0 aliphatic carbocycles. The van der Waals surface area contributed by atoms with Crippen molar-refractivity contribution in [3.8, 4) is 0 Å². The highest BCUT2D eigenvalue weighted by Crippen LogP contribution is 2.28. The van der Waals surface area contributed by atoms with Crippen LogP contribution in [0.3, 0.4) is 0 Å². The normalized spacial score (nSPS) is 22.6. The summed E-state index contributed by atoms with van der Waals surface area (Å²) in [6.07, 6.45) is 2.04. The molecule has 0 spiro atoms. The number of halogens is 1. The van der Waals surface area contributed by atoms with Crippen LogP contribution < -0.4 is 11.3 Å². The molecule has 1 saturated heterocycles. The highest BCUT2D eigenvalue weighted by Gasteiger charge is 2.25. The van der Waals surface area contributed by atoms with Crippen molar-refractivity contribution in [1.82, 2.24) is 20.4 Å². The molecule has 2 rings (SSSR count). The number of hydrogen-bond acceptors (Lipinski definition) is 5. The largest absolute Gasteiger partial charge is 0.381 e. The third-order valence-electron chi connectivity index (χ3n) is 2.95. The van der Waals surface area contributed by atoms with Crippen molar-refractivity contribution < 1.29 is 4.74 Å². The zero-order valence-corrected chi connectivity index (χ0v) is 10.8. The lowest BCUT2D eigenvalue weighted by atomic mass is 9.98. The number of aryl methyl sites for hydroxylation is 1. The summed E-state index contributed by atoms with van der Waals surface area (Å²) in [4.78, 5) is 0. The summed E-state index contributed by atoms with van der Waals surface area (Å²) in [5, 5.41) is 7.91. The minimum absolute atomic E-state index is 0.0566. The molecule has 7 heteroatoms. The molecule has 2 atom stereocenters. The molecule has 16 heavy (non-hydrogen) atoms. The molecule has 1 aliphatic rings. The molecular weight excluding hydrogens is 274 g/mol. The Bertz CT molecular complexity index is 330. The lowest BCUT2D eigenvalue weighted by molar-refractivity contribution is 0.181. The van der Waals surface area contributed by atoms with Crippen molar-refractivity contribution in [2.45, 2.75) is 18.9 Å². The minimum Gasteiger partial charge on any atom is -0.381 e. The summed E-state index contributed by atoms with van der Waals surface area (Å²) >= 11 is 3.39. The van der Waals surface area contributed by atoms with E-state index >= 15 is 0 Å². The van der Waals surface area contributed by atoms with Crippen molar-refractivity contribution in [3.63, 3.8) is 0 Å². The molecule has 0 amide bonds. The Morgan fingerprint density at radius 3 is 3.06 bits per heavy atom. The Morgan fingerprint density at radius 2 is 2.56 bits per heavy atom. The minimum atomic E-state index is 0.0566. The number of hydrogen-bond donors (Lipinski definition) is 2. The van der Waals surface area contributed by atoms with Gasteiger partial charge in [0.2, 0.25) is 0 Å². The standard InChI is InChI=1S/C9H16BrN5O/c1-15-8(9(10)13-14-15)7(12-11)4-6-2-3-16-5-6/h6-7,12H,2-5,11H2,1H3. The SMILES string of the molecule is Cn1nnc(Br)c1C(CC1CCOC1)NN. The fourth-order valence-electron chi connectivity index (χ4n) is 2.07. The first-order valence-electron chi connectivity index (χ1n) is 5.31. The number of nitrogens with two attached hydrogens (primary N) is 1. The summed E-state index contributed by atoms with van der Waals surface area (Å²) in [5.41, 5.74) is 3.81. The highest BCUT2D eigenvalue weighted by atomic mass is 79.9. The predicted octanol–water partition coefficient (Wildman–Crippen LogP) is 0.509. The van der Waals surface area contributed by atoms with E-state index in [2.05, 4.69) is 31.7 Å². The van der Waals surface area contributed by atoms with Gasteiger partial charge in [0.05, 0.1) is 11.7 Å². The fourth-order valence-corrected chi connectivity index (χ4v) is 2.67. The molecular formula is C9H16BrN5O. The number of hydrazine groups is 1. The summed E-state index contributed by atoms with van der Waals surface area (Å²) < 4.78 is 7.85. The summed E-state index contributed by atoms with van der Waals surface area (Å²) in [6.45, 7) is 1.67. The van der Waals surface area contributed by atoms with Gasteiger partial charge in [0.25, 0.3) is 0 Å². The van der Waals surface area contributed by atoms with Gasteiger partial charge in [0.15, 0.2) is 4.60 Å². The second-order valence-corrected chi connectivity index (χ2v) is 4.82. The predicted molar refractivity (Wildman–Crippen MR) is 62.3 cm³/mol. The molecule has 1 aliphatic heterocycles. The van der Waals surface area contributed by atoms with E-state index < -0.39 is 0 Å². The van der Waals surface area contributed by atoms with Crippen LogP contribution in [-0.2, 0) is 11.8 Å². The van der Waals surface area contributed by atoms with E-state index in [4.69, 9.17) is 10.6 Å². The van der Waals surface area contributed by atoms with Crippen molar-refractivity contribution in [2.24, 2.45) is 18.8 Å². The maximum Gasteiger partial charge on any atom is 0.153 e. The molecule has 0 aromatic carbocycles. The van der Waals surface area contributed by atoms with Gasteiger partial charge in [-0.2, -0.15) is 0 Å². The lowest BCUT2D eigenvalue weighted by Crippen LogP contribution is -2.31. The first-order valence-corrected chi connectivity index (χ1v) is 6.10. The van der Waals surface area contributed by atoms with E-state index in [0.717, 1.165) is 36.4 Å². The van der Waals surface area contributed by atoms with E-state index in [9.17, 15) is 0 Å². The number of aromatic nitrogens is 3. The third kappa shape index (κ3) is 2.42. The zero-order chi connectivity index (χ0) is 11.5. The second kappa shape index (κ2) is 5.22. The molecule has 0 bridgehead atoms. The van der Waals surface area contributed by atoms with E-state index in [0.29, 0.717) is 5.92 Å². The summed E-state index contributed by atoms with van der Waals surface area (Å²) in [5.74, 6) is 6.16. The van der Waals surface area contributed by atoms with Crippen LogP contribution in [0.2, 0.25) is 0 Å². The maximum absolute atomic E-state index is 5.60. The van der Waals surface area contributed by atoms with Crippen LogP contribution >= 0.6 is 15.9 Å². The van der Waals surface area contributed by atoms with Crippen LogP contribution in [0.15, 0.2) is 4.60 Å². The van der Waals surface area contributed by atoms with E-state index in [1.807, 2.05) is 7.05 Å². The fraction of sp³-hybridized carbons (Fsp3) is 0.778. The Hall–Kier alpha value is -0.500. The van der Waals surface area contributed by atoms with E-state index in [-0.39, 0.29) is 6.04 Å². The zero-order valence-electron chi connectivity index (χ0n) is 9.19. The van der Waals surface area contributed by atoms with E-state index in [1.54, 1.807) is 4.68 Å². The first kappa shape index (κ1) is 12.0. The molecule has 90 valence electrons. The van der Waals surface area contributed by atoms with Crippen molar-refractivity contribution in [2.75, 3.05) is 13.2 Å². The molecule has 0 saturated carbocycles. The van der Waals surface area contributed by atoms with Gasteiger partial charge in [0, 0.05) is 20.3 Å². The number of ether oxygens (including phenoxy) is 1. The quantitative estimate of drug-likeness (QED) is 0.624. The van der Waals surface area contributed by atoms with Gasteiger partial charge in [0.1, 0.15) is 0 Å². The number of nitrogens with zero attached hydrogens (tertiary/aromatic N) is 3.